The molecule has 1 fully saturated rings. The molecule has 7 rings (SSSR count). The van der Waals surface area contributed by atoms with Crippen molar-refractivity contribution in [1.29, 1.82) is 0 Å². The topological polar surface area (TPSA) is 27.7 Å². The van der Waals surface area contributed by atoms with E-state index in [0.717, 1.165) is 33.8 Å². The Morgan fingerprint density at radius 1 is 0.452 bits per heavy atom. The van der Waals surface area contributed by atoms with Crippen molar-refractivity contribution in [3.8, 4) is 11.5 Å². The van der Waals surface area contributed by atoms with Crippen LogP contribution < -0.4 is 9.47 Å². The molecule has 2 bridgehead atoms. The first-order valence-electron chi connectivity index (χ1n) is 10.7. The molecule has 3 heteroatoms. The van der Waals surface area contributed by atoms with Crippen LogP contribution in [0, 0.1) is 0 Å². The van der Waals surface area contributed by atoms with Gasteiger partial charge in [0.1, 0.15) is 0 Å². The second-order valence-corrected chi connectivity index (χ2v) is 8.37. The third-order valence-corrected chi connectivity index (χ3v) is 6.89. The Morgan fingerprint density at radius 2 is 0.839 bits per heavy atom. The summed E-state index contributed by atoms with van der Waals surface area (Å²) in [6, 6.07) is 37.2. The number of hydrogen-bond donors (Lipinski definition) is 0. The molecule has 3 aliphatic heterocycles. The van der Waals surface area contributed by atoms with Gasteiger partial charge >= 0.3 is 0 Å². The Bertz CT molecular complexity index is 1190. The zero-order valence-electron chi connectivity index (χ0n) is 16.8. The van der Waals surface area contributed by atoms with Gasteiger partial charge in [0.25, 0.3) is 0 Å². The fourth-order valence-electron chi connectivity index (χ4n) is 5.68. The van der Waals surface area contributed by atoms with Crippen LogP contribution in [0.3, 0.4) is 0 Å². The zero-order chi connectivity index (χ0) is 20.5. The number of ether oxygens (including phenoxy) is 3. The molecule has 3 aliphatic rings. The lowest BCUT2D eigenvalue weighted by atomic mass is 9.68. The molecule has 3 nitrogen and oxygen atoms in total. The number of fused-ring (bicyclic) bond motifs is 9. The lowest BCUT2D eigenvalue weighted by Gasteiger charge is -2.43. The molecule has 31 heavy (non-hydrogen) atoms. The summed E-state index contributed by atoms with van der Waals surface area (Å²) in [4.78, 5) is 0. The van der Waals surface area contributed by atoms with E-state index in [-0.39, 0.29) is 12.2 Å². The van der Waals surface area contributed by atoms with E-state index in [1.54, 1.807) is 0 Å². The molecule has 4 aromatic carbocycles. The Kier molecular flexibility index (Phi) is 3.32. The molecule has 0 spiro atoms. The van der Waals surface area contributed by atoms with Gasteiger partial charge in [-0.1, -0.05) is 97.1 Å². The maximum atomic E-state index is 7.22. The molecule has 4 atom stereocenters. The third-order valence-electron chi connectivity index (χ3n) is 6.89. The predicted octanol–water partition coefficient (Wildman–Crippen LogP) is 5.43. The molecule has 0 radical (unpaired) electrons. The minimum absolute atomic E-state index is 0.320. The Morgan fingerprint density at radius 3 is 1.29 bits per heavy atom. The van der Waals surface area contributed by atoms with E-state index in [1.807, 2.05) is 36.4 Å². The second-order valence-electron chi connectivity index (χ2n) is 8.37. The molecule has 0 saturated carbocycles. The van der Waals surface area contributed by atoms with Crippen molar-refractivity contribution in [2.24, 2.45) is 0 Å². The predicted molar refractivity (Wildman–Crippen MR) is 117 cm³/mol. The maximum Gasteiger partial charge on any atom is 0.176 e. The number of para-hydroxylation sites is 2. The van der Waals surface area contributed by atoms with Crippen LogP contribution in [0.1, 0.15) is 22.3 Å². The lowest BCUT2D eigenvalue weighted by Crippen LogP contribution is -2.55. The van der Waals surface area contributed by atoms with E-state index in [9.17, 15) is 0 Å². The monoisotopic (exact) mass is 404 g/mol. The Hall–Kier alpha value is -3.56. The number of benzene rings is 4. The quantitative estimate of drug-likeness (QED) is 0.446. The highest BCUT2D eigenvalue weighted by molar-refractivity contribution is 5.60. The fraction of sp³-hybridized carbons (Fsp3) is 0.143. The van der Waals surface area contributed by atoms with Gasteiger partial charge in [-0.05, 0) is 34.4 Å². The van der Waals surface area contributed by atoms with Gasteiger partial charge in [-0.25, -0.2) is 0 Å². The second kappa shape index (κ2) is 5.99. The molecule has 0 amide bonds. The number of hydrogen-bond acceptors (Lipinski definition) is 3. The standard InChI is InChI=1S/C28H20O3/c1-3-11-19(12-4-1)27-21-15-7-8-16-22(21)28(31-27,20-13-5-2-6-14-20)26-25(27)29-23-17-9-10-18-24(23)30-26/h1-18,25-26H/t25?,26?,27-,28+. The largest absolute Gasteiger partial charge is 0.479 e. The van der Waals surface area contributed by atoms with Gasteiger partial charge in [0.05, 0.1) is 0 Å². The minimum Gasteiger partial charge on any atom is -0.479 e. The van der Waals surface area contributed by atoms with Crippen molar-refractivity contribution in [3.63, 3.8) is 0 Å². The maximum absolute atomic E-state index is 7.22. The van der Waals surface area contributed by atoms with Gasteiger partial charge in [0.15, 0.2) is 34.9 Å². The van der Waals surface area contributed by atoms with Crippen LogP contribution in [0.2, 0.25) is 0 Å². The molecule has 1 saturated heterocycles. The summed E-state index contributed by atoms with van der Waals surface area (Å²) in [5.74, 6) is 1.52. The normalized spacial score (nSPS) is 29.3. The highest BCUT2D eigenvalue weighted by Crippen LogP contribution is 2.66. The SMILES string of the molecule is c1ccc([C@@]23O[C@@](c4ccccc4)(c4ccccc42)C2Oc4ccccc4OC23)cc1. The fourth-order valence-corrected chi connectivity index (χ4v) is 5.68. The molecule has 0 N–H and O–H groups in total. The summed E-state index contributed by atoms with van der Waals surface area (Å²) in [5, 5.41) is 0. The van der Waals surface area contributed by atoms with E-state index in [2.05, 4.69) is 72.8 Å². The summed E-state index contributed by atoms with van der Waals surface area (Å²) < 4.78 is 20.6. The first-order chi connectivity index (χ1) is 15.3. The molecule has 2 unspecified atom stereocenters. The van der Waals surface area contributed by atoms with Crippen LogP contribution >= 0.6 is 0 Å². The molecular formula is C28H20O3. The van der Waals surface area contributed by atoms with Gasteiger partial charge in [0.2, 0.25) is 0 Å². The average Bonchev–Trinajstić information content (AvgIpc) is 3.33. The summed E-state index contributed by atoms with van der Waals surface area (Å²) in [6.45, 7) is 0. The summed E-state index contributed by atoms with van der Waals surface area (Å²) in [7, 11) is 0. The summed E-state index contributed by atoms with van der Waals surface area (Å²) >= 11 is 0. The van der Waals surface area contributed by atoms with Gasteiger partial charge in [0, 0.05) is 0 Å². The van der Waals surface area contributed by atoms with Crippen LogP contribution in [0.15, 0.2) is 109 Å². The van der Waals surface area contributed by atoms with E-state index < -0.39 is 11.2 Å². The van der Waals surface area contributed by atoms with E-state index in [4.69, 9.17) is 14.2 Å². The molecule has 3 heterocycles. The van der Waals surface area contributed by atoms with Crippen molar-refractivity contribution < 1.29 is 14.2 Å². The van der Waals surface area contributed by atoms with Crippen LogP contribution in [-0.2, 0) is 15.9 Å². The zero-order valence-corrected chi connectivity index (χ0v) is 16.8. The minimum atomic E-state index is -0.758. The van der Waals surface area contributed by atoms with Gasteiger partial charge < -0.3 is 14.2 Å². The Balaban J connectivity index is 1.57. The molecule has 0 aliphatic carbocycles. The van der Waals surface area contributed by atoms with Crippen LogP contribution in [0.25, 0.3) is 0 Å². The van der Waals surface area contributed by atoms with Crippen LogP contribution in [-0.4, -0.2) is 12.2 Å². The highest BCUT2D eigenvalue weighted by atomic mass is 16.7. The van der Waals surface area contributed by atoms with Crippen molar-refractivity contribution in [2.75, 3.05) is 0 Å². The van der Waals surface area contributed by atoms with E-state index >= 15 is 0 Å². The first-order valence-corrected chi connectivity index (χ1v) is 10.7. The molecular weight excluding hydrogens is 384 g/mol. The average molecular weight is 404 g/mol. The van der Waals surface area contributed by atoms with E-state index in [0.29, 0.717) is 0 Å². The molecule has 0 aromatic heterocycles. The van der Waals surface area contributed by atoms with Crippen molar-refractivity contribution >= 4 is 0 Å². The third kappa shape index (κ3) is 2.02. The van der Waals surface area contributed by atoms with Crippen molar-refractivity contribution in [3.05, 3.63) is 131 Å². The van der Waals surface area contributed by atoms with Gasteiger partial charge in [-0.3, -0.25) is 0 Å². The van der Waals surface area contributed by atoms with Crippen molar-refractivity contribution in [1.82, 2.24) is 0 Å². The first kappa shape index (κ1) is 17.2. The number of rotatable bonds is 2. The summed E-state index contributed by atoms with van der Waals surface area (Å²) in [6.07, 6.45) is -0.639. The Labute approximate surface area is 180 Å². The van der Waals surface area contributed by atoms with Gasteiger partial charge in [-0.15, -0.1) is 0 Å². The van der Waals surface area contributed by atoms with Crippen molar-refractivity contribution in [2.45, 2.75) is 23.4 Å². The highest BCUT2D eigenvalue weighted by Gasteiger charge is 2.74. The van der Waals surface area contributed by atoms with E-state index in [1.165, 1.54) is 0 Å². The van der Waals surface area contributed by atoms with Gasteiger partial charge in [-0.2, -0.15) is 0 Å². The molecule has 150 valence electrons. The lowest BCUT2D eigenvalue weighted by molar-refractivity contribution is -0.0668. The smallest absolute Gasteiger partial charge is 0.176 e. The van der Waals surface area contributed by atoms with Crippen LogP contribution in [0.5, 0.6) is 11.5 Å². The summed E-state index contributed by atoms with van der Waals surface area (Å²) in [5.41, 5.74) is 2.94. The molecule has 4 aromatic rings. The van der Waals surface area contributed by atoms with Crippen LogP contribution in [0.4, 0.5) is 0 Å².